The molecule has 3 atom stereocenters. The van der Waals surface area contributed by atoms with E-state index in [2.05, 4.69) is 25.5 Å². The van der Waals surface area contributed by atoms with Gasteiger partial charge in [-0.05, 0) is 51.4 Å². The number of likely N-dealkylation sites (N-methyl/N-ethyl adjacent to an activating group) is 1. The summed E-state index contributed by atoms with van der Waals surface area (Å²) < 4.78 is 149. The van der Waals surface area contributed by atoms with Crippen molar-refractivity contribution in [1.29, 1.82) is 0 Å². The van der Waals surface area contributed by atoms with Crippen LogP contribution in [0, 0.1) is 24.0 Å². The summed E-state index contributed by atoms with van der Waals surface area (Å²) in [4.78, 5) is 21.2. The molecule has 3 fully saturated rings. The van der Waals surface area contributed by atoms with Crippen molar-refractivity contribution in [3.8, 4) is 17.1 Å². The summed E-state index contributed by atoms with van der Waals surface area (Å²) in [6.07, 6.45) is -7.73. The summed E-state index contributed by atoms with van der Waals surface area (Å²) in [5, 5.41) is 16.9. The lowest BCUT2D eigenvalue weighted by molar-refractivity contribution is -0.192. The van der Waals surface area contributed by atoms with E-state index < -0.39 is 82.5 Å². The van der Waals surface area contributed by atoms with Crippen LogP contribution in [0.1, 0.15) is 37.3 Å². The molecule has 4 heterocycles. The van der Waals surface area contributed by atoms with Gasteiger partial charge in [-0.15, -0.1) is 0 Å². The lowest BCUT2D eigenvalue weighted by atomic mass is 9.90. The number of methoxy groups -OCH3 is 1. The molecular formula is C35H37F10N7O4. The standard InChI is InChI=1S/C33H36F7N7O2.C2HF3O2/c1-17-9-22-20(11-41-45-22)23(25(17)33(38,39)40)24-21(34)10-19-27(26(24)35)42-29(43-28(19)47-12-18-5-6-30(2,14-47)44-18)49-16-31(13-32(31,36)37)15-46(3)7-8-48-4;3-2(4,5)1(6)7/h9-11,18,44H,5-8,12-16H2,1-4H3,(H,41,45);(H,6,7)/t18-,30+,31-;/m1./s1. The van der Waals surface area contributed by atoms with E-state index >= 15 is 8.78 Å². The van der Waals surface area contributed by atoms with Crippen LogP contribution in [0.5, 0.6) is 6.01 Å². The molecule has 2 bridgehead atoms. The number of ether oxygens (including phenoxy) is 2. The number of nitrogens with one attached hydrogen (secondary N) is 2. The topological polar surface area (TPSA) is 129 Å². The molecule has 3 aliphatic rings. The third-order valence-electron chi connectivity index (χ3n) is 10.4. The maximum absolute atomic E-state index is 16.9. The van der Waals surface area contributed by atoms with Gasteiger partial charge in [-0.2, -0.15) is 41.4 Å². The number of nitrogens with zero attached hydrogens (tertiary/aromatic N) is 5. The number of aromatic nitrogens is 4. The summed E-state index contributed by atoms with van der Waals surface area (Å²) in [5.74, 6) is -8.31. The van der Waals surface area contributed by atoms with Gasteiger partial charge in [0.25, 0.3) is 5.92 Å². The molecule has 3 N–H and O–H groups in total. The van der Waals surface area contributed by atoms with Crippen molar-refractivity contribution in [1.82, 2.24) is 30.4 Å². The minimum atomic E-state index is -5.08. The van der Waals surface area contributed by atoms with E-state index in [9.17, 15) is 35.1 Å². The number of H-pyrrole nitrogens is 1. The maximum atomic E-state index is 16.9. The SMILES string of the molecule is COCCN(C)C[C@@]1(COc2nc(N3C[C@H]4CC[C@@](C)(C3)N4)c3cc(F)c(-c4c(C(F)(F)F)c(C)cc5[nH]ncc45)c(F)c3n2)CC1(F)F.O=C(O)C(F)(F)F. The highest BCUT2D eigenvalue weighted by atomic mass is 19.4. The van der Waals surface area contributed by atoms with E-state index in [0.29, 0.717) is 26.2 Å². The van der Waals surface area contributed by atoms with Crippen molar-refractivity contribution < 1.29 is 63.3 Å². The summed E-state index contributed by atoms with van der Waals surface area (Å²) in [6.45, 7) is 4.24. The number of aromatic amines is 1. The average molecular weight is 810 g/mol. The smallest absolute Gasteiger partial charge is 0.475 e. The van der Waals surface area contributed by atoms with Gasteiger partial charge in [0.2, 0.25) is 0 Å². The molecule has 2 aliphatic heterocycles. The monoisotopic (exact) mass is 809 g/mol. The quantitative estimate of drug-likeness (QED) is 0.149. The van der Waals surface area contributed by atoms with E-state index in [0.717, 1.165) is 25.1 Å². The molecule has 21 heteroatoms. The highest BCUT2D eigenvalue weighted by molar-refractivity contribution is 6.01. The van der Waals surface area contributed by atoms with Gasteiger partial charge in [-0.1, -0.05) is 0 Å². The Bertz CT molecular complexity index is 2150. The maximum Gasteiger partial charge on any atom is 0.490 e. The van der Waals surface area contributed by atoms with Crippen molar-refractivity contribution in [2.24, 2.45) is 5.41 Å². The molecule has 0 radical (unpaired) electrons. The first-order chi connectivity index (χ1) is 26.0. The van der Waals surface area contributed by atoms with Gasteiger partial charge in [0.1, 0.15) is 23.8 Å². The largest absolute Gasteiger partial charge is 0.490 e. The third-order valence-corrected chi connectivity index (χ3v) is 10.4. The number of aliphatic carboxylic acids is 1. The Morgan fingerprint density at radius 1 is 1.11 bits per heavy atom. The summed E-state index contributed by atoms with van der Waals surface area (Å²) in [7, 11) is 3.19. The average Bonchev–Trinajstić information content (AvgIpc) is 3.34. The molecule has 56 heavy (non-hydrogen) atoms. The molecule has 4 aromatic rings. The fourth-order valence-electron chi connectivity index (χ4n) is 7.65. The first-order valence-corrected chi connectivity index (χ1v) is 17.2. The fourth-order valence-corrected chi connectivity index (χ4v) is 7.65. The molecule has 0 spiro atoms. The number of hydrogen-bond acceptors (Lipinski definition) is 9. The second-order valence-corrected chi connectivity index (χ2v) is 14.9. The van der Waals surface area contributed by atoms with Crippen LogP contribution in [0.15, 0.2) is 18.3 Å². The second-order valence-electron chi connectivity index (χ2n) is 14.9. The minimum Gasteiger partial charge on any atom is -0.475 e. The minimum absolute atomic E-state index is 0.0282. The first kappa shape index (κ1) is 41.1. The molecule has 7 rings (SSSR count). The Hall–Kier alpha value is -4.50. The van der Waals surface area contributed by atoms with Crippen LogP contribution in [0.25, 0.3) is 32.9 Å². The molecule has 1 aliphatic carbocycles. The Balaban J connectivity index is 0.000000695. The number of halogens is 10. The summed E-state index contributed by atoms with van der Waals surface area (Å²) in [5.41, 5.74) is -5.39. The summed E-state index contributed by atoms with van der Waals surface area (Å²) >= 11 is 0. The van der Waals surface area contributed by atoms with Gasteiger partial charge in [-0.25, -0.2) is 22.4 Å². The fraction of sp³-hybridized carbons (Fsp3) is 0.543. The molecule has 11 nitrogen and oxygen atoms in total. The van der Waals surface area contributed by atoms with E-state index in [1.165, 1.54) is 20.1 Å². The van der Waals surface area contributed by atoms with Gasteiger partial charge in [0, 0.05) is 67.6 Å². The highest BCUT2D eigenvalue weighted by Crippen LogP contribution is 2.61. The van der Waals surface area contributed by atoms with E-state index in [1.54, 1.807) is 11.9 Å². The number of piperazine rings is 1. The first-order valence-electron chi connectivity index (χ1n) is 17.2. The number of rotatable bonds is 10. The van der Waals surface area contributed by atoms with Crippen LogP contribution < -0.4 is 15.0 Å². The number of hydrogen-bond donors (Lipinski definition) is 3. The third kappa shape index (κ3) is 7.89. The van der Waals surface area contributed by atoms with Gasteiger partial charge in [0.05, 0.1) is 34.9 Å². The number of alkyl halides is 8. The van der Waals surface area contributed by atoms with Crippen LogP contribution in [0.4, 0.5) is 49.7 Å². The van der Waals surface area contributed by atoms with E-state index in [-0.39, 0.29) is 45.8 Å². The number of benzene rings is 2. The van der Waals surface area contributed by atoms with E-state index in [1.807, 2.05) is 11.8 Å². The lowest BCUT2D eigenvalue weighted by Crippen LogP contribution is -2.58. The van der Waals surface area contributed by atoms with Crippen molar-refractivity contribution in [3.05, 3.63) is 41.1 Å². The lowest BCUT2D eigenvalue weighted by Gasteiger charge is -2.40. The van der Waals surface area contributed by atoms with Gasteiger partial charge in [0.15, 0.2) is 5.82 Å². The zero-order chi connectivity index (χ0) is 41.2. The van der Waals surface area contributed by atoms with Crippen molar-refractivity contribution >= 4 is 33.6 Å². The second kappa shape index (κ2) is 14.5. The number of fused-ring (bicyclic) bond motifs is 4. The predicted molar refractivity (Wildman–Crippen MR) is 182 cm³/mol. The molecular weight excluding hydrogens is 772 g/mol. The number of aryl methyl sites for hydroxylation is 1. The Morgan fingerprint density at radius 3 is 2.38 bits per heavy atom. The van der Waals surface area contributed by atoms with Crippen LogP contribution in [0.3, 0.4) is 0 Å². The van der Waals surface area contributed by atoms with Crippen LogP contribution >= 0.6 is 0 Å². The van der Waals surface area contributed by atoms with Gasteiger partial charge >= 0.3 is 24.3 Å². The van der Waals surface area contributed by atoms with Crippen molar-refractivity contribution in [2.45, 2.75) is 63.0 Å². The molecule has 0 unspecified atom stereocenters. The molecule has 306 valence electrons. The molecule has 0 amide bonds. The van der Waals surface area contributed by atoms with Gasteiger partial charge < -0.3 is 29.7 Å². The Kier molecular flexibility index (Phi) is 10.6. The van der Waals surface area contributed by atoms with E-state index in [4.69, 9.17) is 19.4 Å². The predicted octanol–water partition coefficient (Wildman–Crippen LogP) is 6.72. The van der Waals surface area contributed by atoms with Crippen LogP contribution in [-0.4, -0.2) is 113 Å². The zero-order valence-electron chi connectivity index (χ0n) is 30.4. The van der Waals surface area contributed by atoms with Crippen molar-refractivity contribution in [3.63, 3.8) is 0 Å². The number of carboxylic acids is 1. The Morgan fingerprint density at radius 2 is 1.79 bits per heavy atom. The number of anilines is 1. The molecule has 2 saturated heterocycles. The molecule has 2 aromatic heterocycles. The molecule has 2 aromatic carbocycles. The normalized spacial score (nSPS) is 23.1. The van der Waals surface area contributed by atoms with Crippen molar-refractivity contribution in [2.75, 3.05) is 58.5 Å². The highest BCUT2D eigenvalue weighted by Gasteiger charge is 2.71. The van der Waals surface area contributed by atoms with Crippen LogP contribution in [-0.2, 0) is 15.7 Å². The molecule has 1 saturated carbocycles. The zero-order valence-corrected chi connectivity index (χ0v) is 30.4. The number of carbonyl (C=O) groups is 1. The summed E-state index contributed by atoms with van der Waals surface area (Å²) in [6, 6.07) is 1.77. The number of carboxylic acid groups (broad SMARTS) is 1. The Labute approximate surface area is 312 Å². The van der Waals surface area contributed by atoms with Gasteiger partial charge in [-0.3, -0.25) is 5.10 Å². The van der Waals surface area contributed by atoms with Crippen LogP contribution in [0.2, 0.25) is 0 Å².